The summed E-state index contributed by atoms with van der Waals surface area (Å²) >= 11 is 0. The second kappa shape index (κ2) is 6.62. The number of allylic oxidation sites excluding steroid dienone is 2. The summed E-state index contributed by atoms with van der Waals surface area (Å²) in [6.07, 6.45) is -2.49. The first-order valence-electron chi connectivity index (χ1n) is 9.44. The highest BCUT2D eigenvalue weighted by Gasteiger charge is 2.65. The number of aliphatic hydroxyl groups excluding tert-OH is 1. The van der Waals surface area contributed by atoms with Crippen molar-refractivity contribution in [3.05, 3.63) is 23.8 Å². The first-order valence-corrected chi connectivity index (χ1v) is 9.44. The summed E-state index contributed by atoms with van der Waals surface area (Å²) in [4.78, 5) is 11.7. The van der Waals surface area contributed by atoms with Gasteiger partial charge in [-0.05, 0) is 55.3 Å². The van der Waals surface area contributed by atoms with Gasteiger partial charge in [0.15, 0.2) is 5.60 Å². The topological polar surface area (TPSA) is 66.8 Å². The van der Waals surface area contributed by atoms with Gasteiger partial charge in [0.2, 0.25) is 0 Å². The third-order valence-electron chi connectivity index (χ3n) is 7.35. The molecule has 4 nitrogen and oxygen atoms in total. The van der Waals surface area contributed by atoms with Crippen molar-refractivity contribution in [2.45, 2.75) is 63.8 Å². The second-order valence-electron chi connectivity index (χ2n) is 8.58. The summed E-state index contributed by atoms with van der Waals surface area (Å²) in [5.41, 5.74) is -1.94. The monoisotopic (exact) mass is 388 g/mol. The number of rotatable bonds is 2. The minimum atomic E-state index is -4.66. The number of hydrogen-bond acceptors (Lipinski definition) is 4. The zero-order valence-electron chi connectivity index (χ0n) is 15.7. The highest BCUT2D eigenvalue weighted by Crippen LogP contribution is 2.62. The third-order valence-corrected chi connectivity index (χ3v) is 7.35. The van der Waals surface area contributed by atoms with Crippen molar-refractivity contribution in [1.29, 1.82) is 0 Å². The van der Waals surface area contributed by atoms with Crippen LogP contribution in [0.1, 0.15) is 46.0 Å². The van der Waals surface area contributed by atoms with E-state index in [2.05, 4.69) is 6.58 Å². The lowest BCUT2D eigenvalue weighted by Gasteiger charge is -2.58. The van der Waals surface area contributed by atoms with Crippen molar-refractivity contribution >= 4 is 5.97 Å². The minimum Gasteiger partial charge on any atom is -0.459 e. The Labute approximate surface area is 157 Å². The molecule has 0 aromatic heterocycles. The molecule has 0 radical (unpaired) electrons. The molecule has 0 amide bonds. The molecule has 0 aromatic carbocycles. The quantitative estimate of drug-likeness (QED) is 0.431. The van der Waals surface area contributed by atoms with Crippen LogP contribution in [0, 0.1) is 23.2 Å². The number of ether oxygens (including phenoxy) is 1. The molecule has 0 bridgehead atoms. The maximum atomic E-state index is 13.5. The van der Waals surface area contributed by atoms with Crippen LogP contribution in [0.15, 0.2) is 23.8 Å². The highest BCUT2D eigenvalue weighted by molar-refractivity contribution is 5.91. The first-order chi connectivity index (χ1) is 12.4. The van der Waals surface area contributed by atoms with Crippen LogP contribution in [0.5, 0.6) is 0 Å². The summed E-state index contributed by atoms with van der Waals surface area (Å²) in [6.45, 7) is 7.54. The molecule has 1 aliphatic heterocycles. The van der Waals surface area contributed by atoms with Gasteiger partial charge < -0.3 is 14.9 Å². The van der Waals surface area contributed by atoms with Crippen molar-refractivity contribution < 1.29 is 32.9 Å². The van der Waals surface area contributed by atoms with Crippen molar-refractivity contribution in [2.24, 2.45) is 23.2 Å². The lowest BCUT2D eigenvalue weighted by atomic mass is 9.48. The van der Waals surface area contributed by atoms with E-state index in [0.29, 0.717) is 19.3 Å². The number of carbonyl (C=O) groups is 1. The molecule has 2 saturated carbocycles. The molecule has 1 saturated heterocycles. The second-order valence-corrected chi connectivity index (χ2v) is 8.58. The van der Waals surface area contributed by atoms with E-state index in [0.717, 1.165) is 5.57 Å². The molecule has 0 aromatic rings. The Morgan fingerprint density at radius 2 is 2.04 bits per heavy atom. The molecular weight excluding hydrogens is 361 g/mol. The standard InChI is InChI=1S/C20H27F3O4/c1-11-4-6-15-12(2)19(26,20(21,22)23)9-8-18(15,3)14(11)7-5-13-16(24)10-27-17(13)25/h5,12,14-16,24,26H,1,4,6-10H2,2-3H3. The predicted molar refractivity (Wildman–Crippen MR) is 92.5 cm³/mol. The van der Waals surface area contributed by atoms with Crippen LogP contribution in [-0.4, -0.2) is 40.7 Å². The number of aliphatic hydroxyl groups is 2. The van der Waals surface area contributed by atoms with Gasteiger partial charge in [0, 0.05) is 0 Å². The van der Waals surface area contributed by atoms with E-state index in [1.165, 1.54) is 6.92 Å². The Kier molecular flexibility index (Phi) is 5.00. The van der Waals surface area contributed by atoms with Crippen LogP contribution >= 0.6 is 0 Å². The third kappa shape index (κ3) is 3.12. The van der Waals surface area contributed by atoms with Gasteiger partial charge in [0.05, 0.1) is 5.57 Å². The Balaban J connectivity index is 1.88. The Hall–Kier alpha value is -1.34. The van der Waals surface area contributed by atoms with Crippen LogP contribution in [0.2, 0.25) is 0 Å². The number of cyclic esters (lactones) is 1. The zero-order chi connectivity index (χ0) is 20.2. The first kappa shape index (κ1) is 20.4. The summed E-state index contributed by atoms with van der Waals surface area (Å²) in [6, 6.07) is 0. The molecule has 6 atom stereocenters. The molecule has 3 rings (SSSR count). The fourth-order valence-corrected chi connectivity index (χ4v) is 5.53. The van der Waals surface area contributed by atoms with Gasteiger partial charge in [-0.3, -0.25) is 0 Å². The fourth-order valence-electron chi connectivity index (χ4n) is 5.53. The van der Waals surface area contributed by atoms with Gasteiger partial charge >= 0.3 is 12.1 Å². The predicted octanol–water partition coefficient (Wildman–Crippen LogP) is 3.53. The van der Waals surface area contributed by atoms with E-state index in [9.17, 15) is 28.2 Å². The van der Waals surface area contributed by atoms with Gasteiger partial charge in [-0.2, -0.15) is 13.2 Å². The van der Waals surface area contributed by atoms with E-state index < -0.39 is 35.2 Å². The maximum absolute atomic E-state index is 13.5. The average molecular weight is 388 g/mol. The molecule has 3 fully saturated rings. The van der Waals surface area contributed by atoms with Gasteiger partial charge in [0.1, 0.15) is 12.7 Å². The van der Waals surface area contributed by atoms with E-state index in [1.54, 1.807) is 6.08 Å². The normalized spacial score (nSPS) is 44.3. The van der Waals surface area contributed by atoms with Crippen LogP contribution < -0.4 is 0 Å². The average Bonchev–Trinajstić information content (AvgIpc) is 2.89. The van der Waals surface area contributed by atoms with Crippen molar-refractivity contribution in [2.75, 3.05) is 6.61 Å². The number of hydrogen-bond donors (Lipinski definition) is 2. The minimum absolute atomic E-state index is 0.0637. The van der Waals surface area contributed by atoms with Crippen molar-refractivity contribution in [1.82, 2.24) is 0 Å². The smallest absolute Gasteiger partial charge is 0.417 e. The van der Waals surface area contributed by atoms with Gasteiger partial charge in [-0.1, -0.05) is 32.1 Å². The highest BCUT2D eigenvalue weighted by atomic mass is 19.4. The summed E-state index contributed by atoms with van der Waals surface area (Å²) in [7, 11) is 0. The lowest BCUT2D eigenvalue weighted by molar-refractivity contribution is -0.306. The van der Waals surface area contributed by atoms with Crippen LogP contribution in [-0.2, 0) is 9.53 Å². The Bertz CT molecular complexity index is 671. The molecular formula is C20H27F3O4. The van der Waals surface area contributed by atoms with Gasteiger partial charge in [0.25, 0.3) is 0 Å². The Morgan fingerprint density at radius 3 is 2.59 bits per heavy atom. The van der Waals surface area contributed by atoms with Gasteiger partial charge in [-0.15, -0.1) is 0 Å². The molecule has 3 aliphatic rings. The molecule has 2 aliphatic carbocycles. The summed E-state index contributed by atoms with van der Waals surface area (Å²) in [5.74, 6) is -1.87. The van der Waals surface area contributed by atoms with E-state index in [-0.39, 0.29) is 36.9 Å². The number of halogens is 3. The van der Waals surface area contributed by atoms with Crippen molar-refractivity contribution in [3.8, 4) is 0 Å². The van der Waals surface area contributed by atoms with Crippen molar-refractivity contribution in [3.63, 3.8) is 0 Å². The van der Waals surface area contributed by atoms with E-state index in [1.807, 2.05) is 6.92 Å². The SMILES string of the molecule is C=C1CCC2C(C)C(O)(C(F)(F)F)CCC2(C)C1CC=C1C(=O)OCC1O. The van der Waals surface area contributed by atoms with Gasteiger partial charge in [-0.25, -0.2) is 4.79 Å². The lowest BCUT2D eigenvalue weighted by Crippen LogP contribution is -2.61. The number of esters is 1. The molecule has 2 N–H and O–H groups in total. The molecule has 0 spiro atoms. The molecule has 152 valence electrons. The molecule has 7 heteroatoms. The van der Waals surface area contributed by atoms with Crippen LogP contribution in [0.3, 0.4) is 0 Å². The largest absolute Gasteiger partial charge is 0.459 e. The zero-order valence-corrected chi connectivity index (χ0v) is 15.7. The summed E-state index contributed by atoms with van der Waals surface area (Å²) < 4.78 is 45.4. The Morgan fingerprint density at radius 1 is 1.37 bits per heavy atom. The molecule has 1 heterocycles. The summed E-state index contributed by atoms with van der Waals surface area (Å²) in [5, 5.41) is 20.3. The molecule has 27 heavy (non-hydrogen) atoms. The maximum Gasteiger partial charge on any atom is 0.417 e. The van der Waals surface area contributed by atoms with Crippen LogP contribution in [0.4, 0.5) is 13.2 Å². The number of fused-ring (bicyclic) bond motifs is 1. The molecule has 6 unspecified atom stereocenters. The van der Waals surface area contributed by atoms with Crippen LogP contribution in [0.25, 0.3) is 0 Å². The van der Waals surface area contributed by atoms with E-state index in [4.69, 9.17) is 4.74 Å². The number of carbonyl (C=O) groups excluding carboxylic acids is 1. The number of alkyl halides is 3. The fraction of sp³-hybridized carbons (Fsp3) is 0.750. The van der Waals surface area contributed by atoms with E-state index >= 15 is 0 Å².